The Morgan fingerprint density at radius 2 is 1.55 bits per heavy atom. The first kappa shape index (κ1) is 24.1. The van der Waals surface area contributed by atoms with Gasteiger partial charge in [0.1, 0.15) is 18.7 Å². The number of amides is 2. The van der Waals surface area contributed by atoms with Gasteiger partial charge in [-0.2, -0.15) is 0 Å². The molecule has 0 spiro atoms. The van der Waals surface area contributed by atoms with Crippen molar-refractivity contribution >= 4 is 18.0 Å². The SMILES string of the molecule is COC[C@H](NC(=O)OCC1c2ccccc2-c2ccccc21)C(=O)NC(CC(F)F)C(=O)O. The Kier molecular flexibility index (Phi) is 7.94. The predicted molar refractivity (Wildman–Crippen MR) is 114 cm³/mol. The van der Waals surface area contributed by atoms with E-state index in [1.807, 2.05) is 53.8 Å². The molecule has 0 fully saturated rings. The van der Waals surface area contributed by atoms with Crippen LogP contribution in [0.5, 0.6) is 0 Å². The molecule has 0 aromatic heterocycles. The average Bonchev–Trinajstić information content (AvgIpc) is 3.10. The summed E-state index contributed by atoms with van der Waals surface area (Å²) in [6.07, 6.45) is -4.91. The van der Waals surface area contributed by atoms with Crippen molar-refractivity contribution < 1.29 is 37.7 Å². The molecule has 33 heavy (non-hydrogen) atoms. The maximum absolute atomic E-state index is 12.6. The number of hydrogen-bond acceptors (Lipinski definition) is 5. The summed E-state index contributed by atoms with van der Waals surface area (Å²) in [5.41, 5.74) is 4.12. The van der Waals surface area contributed by atoms with Crippen LogP contribution in [0.15, 0.2) is 48.5 Å². The average molecular weight is 462 g/mol. The third-order valence-corrected chi connectivity index (χ3v) is 5.31. The number of carbonyl (C=O) groups is 3. The summed E-state index contributed by atoms with van der Waals surface area (Å²) >= 11 is 0. The molecule has 3 N–H and O–H groups in total. The molecule has 2 aromatic rings. The molecule has 0 bridgehead atoms. The predicted octanol–water partition coefficient (Wildman–Crippen LogP) is 2.76. The van der Waals surface area contributed by atoms with E-state index in [2.05, 4.69) is 5.32 Å². The van der Waals surface area contributed by atoms with Crippen molar-refractivity contribution in [3.05, 3.63) is 59.7 Å². The van der Waals surface area contributed by atoms with E-state index >= 15 is 0 Å². The zero-order valence-corrected chi connectivity index (χ0v) is 17.8. The zero-order valence-electron chi connectivity index (χ0n) is 17.8. The number of halogens is 2. The van der Waals surface area contributed by atoms with Gasteiger partial charge in [-0.25, -0.2) is 18.4 Å². The summed E-state index contributed by atoms with van der Waals surface area (Å²) in [5, 5.41) is 13.3. The van der Waals surface area contributed by atoms with E-state index in [1.54, 1.807) is 0 Å². The molecule has 2 aromatic carbocycles. The van der Waals surface area contributed by atoms with Crippen molar-refractivity contribution in [2.45, 2.75) is 30.8 Å². The van der Waals surface area contributed by atoms with Crippen molar-refractivity contribution in [3.63, 3.8) is 0 Å². The minimum absolute atomic E-state index is 0.00428. The Labute approximate surface area is 188 Å². The standard InChI is InChI=1S/C23H24F2N2O6/c1-32-12-19(21(28)26-18(22(29)30)10-20(24)25)27-23(31)33-11-17-15-8-4-2-6-13(15)14-7-3-5-9-16(14)17/h2-9,17-20H,10-12H2,1H3,(H,26,28)(H,27,31)(H,29,30)/t18?,19-/m0/s1. The van der Waals surface area contributed by atoms with Crippen LogP contribution in [0.4, 0.5) is 13.6 Å². The Morgan fingerprint density at radius 3 is 2.06 bits per heavy atom. The van der Waals surface area contributed by atoms with Gasteiger partial charge in [0.25, 0.3) is 0 Å². The van der Waals surface area contributed by atoms with Crippen LogP contribution in [0.3, 0.4) is 0 Å². The number of hydrogen-bond donors (Lipinski definition) is 3. The normalized spacial score (nSPS) is 14.2. The summed E-state index contributed by atoms with van der Waals surface area (Å²) < 4.78 is 35.4. The number of rotatable bonds is 10. The van der Waals surface area contributed by atoms with Gasteiger partial charge in [-0.3, -0.25) is 4.79 Å². The lowest BCUT2D eigenvalue weighted by Gasteiger charge is -2.21. The minimum atomic E-state index is -2.93. The molecule has 3 rings (SSSR count). The molecular formula is C23H24F2N2O6. The molecule has 176 valence electrons. The fourth-order valence-corrected chi connectivity index (χ4v) is 3.80. The third-order valence-electron chi connectivity index (χ3n) is 5.31. The van der Waals surface area contributed by atoms with E-state index in [-0.39, 0.29) is 19.1 Å². The van der Waals surface area contributed by atoms with Crippen molar-refractivity contribution in [2.75, 3.05) is 20.3 Å². The number of carboxylic acid groups (broad SMARTS) is 1. The highest BCUT2D eigenvalue weighted by Gasteiger charge is 2.31. The number of nitrogens with one attached hydrogen (secondary N) is 2. The number of carbonyl (C=O) groups excluding carboxylic acids is 2. The quantitative estimate of drug-likeness (QED) is 0.500. The molecule has 1 aliphatic carbocycles. The molecule has 1 unspecified atom stereocenters. The van der Waals surface area contributed by atoms with Gasteiger partial charge in [0.2, 0.25) is 12.3 Å². The Morgan fingerprint density at radius 1 is 0.970 bits per heavy atom. The molecule has 0 saturated heterocycles. The fourth-order valence-electron chi connectivity index (χ4n) is 3.80. The van der Waals surface area contributed by atoms with Gasteiger partial charge < -0.3 is 25.2 Å². The van der Waals surface area contributed by atoms with Crippen LogP contribution in [0.25, 0.3) is 11.1 Å². The number of carboxylic acids is 1. The Hall–Kier alpha value is -3.53. The maximum Gasteiger partial charge on any atom is 0.407 e. The summed E-state index contributed by atoms with van der Waals surface area (Å²) in [6, 6.07) is 12.4. The molecular weight excluding hydrogens is 438 g/mol. The van der Waals surface area contributed by atoms with Crippen LogP contribution < -0.4 is 10.6 Å². The van der Waals surface area contributed by atoms with E-state index in [1.165, 1.54) is 7.11 Å². The molecule has 10 heteroatoms. The van der Waals surface area contributed by atoms with E-state index in [0.29, 0.717) is 0 Å². The lowest BCUT2D eigenvalue weighted by atomic mass is 9.98. The van der Waals surface area contributed by atoms with Gasteiger partial charge in [0, 0.05) is 19.4 Å². The fraction of sp³-hybridized carbons (Fsp3) is 0.348. The van der Waals surface area contributed by atoms with E-state index in [9.17, 15) is 23.2 Å². The topological polar surface area (TPSA) is 114 Å². The molecule has 0 heterocycles. The molecule has 8 nitrogen and oxygen atoms in total. The highest BCUT2D eigenvalue weighted by atomic mass is 19.3. The number of alkyl carbamates (subject to hydrolysis) is 1. The highest BCUT2D eigenvalue weighted by molar-refractivity contribution is 5.89. The van der Waals surface area contributed by atoms with E-state index in [0.717, 1.165) is 22.3 Å². The highest BCUT2D eigenvalue weighted by Crippen LogP contribution is 2.44. The van der Waals surface area contributed by atoms with Gasteiger partial charge >= 0.3 is 12.1 Å². The summed E-state index contributed by atoms with van der Waals surface area (Å²) in [4.78, 5) is 35.9. The Balaban J connectivity index is 1.64. The van der Waals surface area contributed by atoms with Crippen molar-refractivity contribution in [1.29, 1.82) is 0 Å². The lowest BCUT2D eigenvalue weighted by Crippen LogP contribution is -2.53. The van der Waals surface area contributed by atoms with Crippen LogP contribution in [0.1, 0.15) is 23.5 Å². The molecule has 2 amide bonds. The largest absolute Gasteiger partial charge is 0.480 e. The second-order valence-electron chi connectivity index (χ2n) is 7.50. The number of ether oxygens (including phenoxy) is 2. The monoisotopic (exact) mass is 462 g/mol. The van der Waals surface area contributed by atoms with Crippen LogP contribution in [-0.4, -0.2) is 61.9 Å². The smallest absolute Gasteiger partial charge is 0.407 e. The number of alkyl halides is 2. The molecule has 0 radical (unpaired) electrons. The van der Waals surface area contributed by atoms with Gasteiger partial charge in [-0.1, -0.05) is 48.5 Å². The van der Waals surface area contributed by atoms with Crippen LogP contribution in [0, 0.1) is 0 Å². The zero-order chi connectivity index (χ0) is 24.0. The van der Waals surface area contributed by atoms with Crippen molar-refractivity contribution in [3.8, 4) is 11.1 Å². The number of benzene rings is 2. The first-order chi connectivity index (χ1) is 15.8. The molecule has 2 atom stereocenters. The number of methoxy groups -OCH3 is 1. The van der Waals surface area contributed by atoms with Crippen LogP contribution >= 0.6 is 0 Å². The van der Waals surface area contributed by atoms with Crippen molar-refractivity contribution in [2.24, 2.45) is 0 Å². The molecule has 0 saturated carbocycles. The molecule has 0 aliphatic heterocycles. The lowest BCUT2D eigenvalue weighted by molar-refractivity contribution is -0.143. The van der Waals surface area contributed by atoms with Crippen LogP contribution in [-0.2, 0) is 19.1 Å². The maximum atomic E-state index is 12.6. The van der Waals surface area contributed by atoms with E-state index in [4.69, 9.17) is 14.6 Å². The van der Waals surface area contributed by atoms with Gasteiger partial charge in [0.05, 0.1) is 6.61 Å². The number of aliphatic carboxylic acids is 1. The minimum Gasteiger partial charge on any atom is -0.480 e. The van der Waals surface area contributed by atoms with Gasteiger partial charge in [-0.15, -0.1) is 0 Å². The number of fused-ring (bicyclic) bond motifs is 3. The van der Waals surface area contributed by atoms with E-state index < -0.39 is 42.9 Å². The summed E-state index contributed by atoms with van der Waals surface area (Å²) in [5.74, 6) is -2.78. The van der Waals surface area contributed by atoms with Gasteiger partial charge in [-0.05, 0) is 22.3 Å². The second kappa shape index (κ2) is 10.9. The first-order valence-corrected chi connectivity index (χ1v) is 10.2. The summed E-state index contributed by atoms with van der Waals surface area (Å²) in [6.45, 7) is -0.304. The second-order valence-corrected chi connectivity index (χ2v) is 7.50. The Bertz CT molecular complexity index is 970. The molecule has 1 aliphatic rings. The summed E-state index contributed by atoms with van der Waals surface area (Å²) in [7, 11) is 1.27. The first-order valence-electron chi connectivity index (χ1n) is 10.2. The van der Waals surface area contributed by atoms with Crippen molar-refractivity contribution in [1.82, 2.24) is 10.6 Å². The third kappa shape index (κ3) is 5.83. The van der Waals surface area contributed by atoms with Crippen LogP contribution in [0.2, 0.25) is 0 Å². The van der Waals surface area contributed by atoms with Gasteiger partial charge in [0.15, 0.2) is 0 Å².